The summed E-state index contributed by atoms with van der Waals surface area (Å²) in [5.41, 5.74) is 0.245. The number of likely N-dealkylation sites (tertiary alicyclic amines) is 1. The summed E-state index contributed by atoms with van der Waals surface area (Å²) in [7, 11) is -2.21. The number of carbonyl (C=O) groups excluding carboxylic acids is 1. The first-order valence-electron chi connectivity index (χ1n) is 13.0. The summed E-state index contributed by atoms with van der Waals surface area (Å²) >= 11 is 0. The Labute approximate surface area is 213 Å². The number of aryl methyl sites for hydroxylation is 1. The molecule has 188 valence electrons. The molecule has 1 aliphatic carbocycles. The van der Waals surface area contributed by atoms with E-state index in [9.17, 15) is 13.2 Å². The van der Waals surface area contributed by atoms with Gasteiger partial charge in [-0.2, -0.15) is 5.10 Å². The van der Waals surface area contributed by atoms with Crippen molar-refractivity contribution < 1.29 is 16.0 Å². The van der Waals surface area contributed by atoms with E-state index >= 15 is 0 Å². The van der Waals surface area contributed by atoms with Gasteiger partial charge in [-0.05, 0) is 44.4 Å². The van der Waals surface area contributed by atoms with E-state index in [1.807, 2.05) is 6.92 Å². The van der Waals surface area contributed by atoms with Gasteiger partial charge in [0, 0.05) is 37.4 Å². The zero-order valence-electron chi connectivity index (χ0n) is 22.2. The number of hydrogen-bond acceptors (Lipinski definition) is 7. The van der Waals surface area contributed by atoms with Crippen molar-refractivity contribution >= 4 is 27.6 Å². The van der Waals surface area contributed by atoms with Crippen LogP contribution < -0.4 is 9.62 Å². The first kappa shape index (κ1) is 20.9. The number of benzene rings is 1. The topological polar surface area (TPSA) is 103 Å². The standard InChI is InChI=1S/C25H29N7O3S/c1-25(8-9-25)28-36(34,35)20-6-7-22-21(13-20)23(33)31(17-18-14-27-29(2)16-18)24-26-15-19(32(22)24)5-3-10-30-11-4-12-30/h6-7,13-14,16,19,28H,4,8-12,15,17H2,1-2H3/t19-/m0/s1/i17D2. The lowest BCUT2D eigenvalue weighted by atomic mass is 10.1. The minimum absolute atomic E-state index is 0.0420. The molecule has 0 unspecified atom stereocenters. The summed E-state index contributed by atoms with van der Waals surface area (Å²) in [6.07, 6.45) is 5.54. The van der Waals surface area contributed by atoms with Crippen LogP contribution in [-0.2, 0) is 23.6 Å². The Morgan fingerprint density at radius 3 is 2.78 bits per heavy atom. The first-order valence-corrected chi connectivity index (χ1v) is 13.5. The van der Waals surface area contributed by atoms with Crippen molar-refractivity contribution in [3.63, 3.8) is 0 Å². The maximum Gasteiger partial charge on any atom is 0.263 e. The third kappa shape index (κ3) is 4.19. The number of nitrogens with one attached hydrogen (secondary N) is 1. The fraction of sp³-hybridized carbons (Fsp3) is 0.480. The number of amides is 1. The maximum absolute atomic E-state index is 13.9. The Morgan fingerprint density at radius 1 is 1.31 bits per heavy atom. The predicted octanol–water partition coefficient (Wildman–Crippen LogP) is 1.16. The summed E-state index contributed by atoms with van der Waals surface area (Å²) in [6, 6.07) is 3.99. The molecule has 10 nitrogen and oxygen atoms in total. The van der Waals surface area contributed by atoms with Gasteiger partial charge in [-0.25, -0.2) is 18.1 Å². The van der Waals surface area contributed by atoms with Crippen LogP contribution in [0, 0.1) is 11.8 Å². The number of fused-ring (bicyclic) bond motifs is 3. The molecule has 11 heteroatoms. The van der Waals surface area contributed by atoms with E-state index in [2.05, 4.69) is 31.6 Å². The number of carbonyl (C=O) groups is 1. The maximum atomic E-state index is 13.9. The molecular weight excluding hydrogens is 478 g/mol. The van der Waals surface area contributed by atoms with Crippen molar-refractivity contribution in [1.29, 1.82) is 0 Å². The number of aromatic nitrogens is 2. The monoisotopic (exact) mass is 509 g/mol. The molecular formula is C25H29N7O3S. The van der Waals surface area contributed by atoms with Gasteiger partial charge in [-0.1, -0.05) is 11.8 Å². The van der Waals surface area contributed by atoms with E-state index in [4.69, 9.17) is 2.74 Å². The third-order valence-electron chi connectivity index (χ3n) is 6.95. The van der Waals surface area contributed by atoms with Crippen LogP contribution in [0.25, 0.3) is 0 Å². The zero-order chi connectivity index (χ0) is 26.9. The van der Waals surface area contributed by atoms with Crippen molar-refractivity contribution in [2.24, 2.45) is 12.0 Å². The van der Waals surface area contributed by atoms with Crippen LogP contribution >= 0.6 is 0 Å². The summed E-state index contributed by atoms with van der Waals surface area (Å²) in [5.74, 6) is 5.93. The molecule has 6 rings (SSSR count). The van der Waals surface area contributed by atoms with Gasteiger partial charge in [-0.3, -0.25) is 24.2 Å². The second kappa shape index (κ2) is 8.44. The van der Waals surface area contributed by atoms with Crippen molar-refractivity contribution in [3.8, 4) is 11.8 Å². The molecule has 4 heterocycles. The van der Waals surface area contributed by atoms with Gasteiger partial charge < -0.3 is 0 Å². The van der Waals surface area contributed by atoms with Gasteiger partial charge in [-0.15, -0.1) is 0 Å². The third-order valence-corrected chi connectivity index (χ3v) is 8.59. The lowest BCUT2D eigenvalue weighted by molar-refractivity contribution is 0.0833. The second-order valence-electron chi connectivity index (χ2n) is 9.98. The molecule has 4 aliphatic rings. The molecule has 0 radical (unpaired) electrons. The molecule has 1 saturated carbocycles. The number of guanidine groups is 1. The van der Waals surface area contributed by atoms with Crippen molar-refractivity contribution in [2.75, 3.05) is 31.1 Å². The highest BCUT2D eigenvalue weighted by Gasteiger charge is 2.44. The highest BCUT2D eigenvalue weighted by Crippen LogP contribution is 2.38. The van der Waals surface area contributed by atoms with Crippen LogP contribution in [0.3, 0.4) is 0 Å². The fourth-order valence-electron chi connectivity index (χ4n) is 4.50. The lowest BCUT2D eigenvalue weighted by Gasteiger charge is -2.37. The van der Waals surface area contributed by atoms with Gasteiger partial charge in [0.2, 0.25) is 16.0 Å². The quantitative estimate of drug-likeness (QED) is 0.587. The van der Waals surface area contributed by atoms with E-state index in [1.165, 1.54) is 29.2 Å². The highest BCUT2D eigenvalue weighted by molar-refractivity contribution is 7.89. The molecule has 1 aromatic heterocycles. The molecule has 1 amide bonds. The number of hydrogen-bond donors (Lipinski definition) is 1. The van der Waals surface area contributed by atoms with Gasteiger partial charge >= 0.3 is 0 Å². The summed E-state index contributed by atoms with van der Waals surface area (Å²) in [6.45, 7) is 2.47. The van der Waals surface area contributed by atoms with E-state index in [1.54, 1.807) is 18.0 Å². The van der Waals surface area contributed by atoms with Crippen LogP contribution in [0.1, 0.15) is 44.8 Å². The van der Waals surface area contributed by atoms with E-state index in [-0.39, 0.29) is 28.5 Å². The predicted molar refractivity (Wildman–Crippen MR) is 135 cm³/mol. The largest absolute Gasteiger partial charge is 0.295 e. The molecule has 36 heavy (non-hydrogen) atoms. The highest BCUT2D eigenvalue weighted by atomic mass is 32.2. The average molecular weight is 510 g/mol. The average Bonchev–Trinajstić information content (AvgIpc) is 3.19. The molecule has 3 aliphatic heterocycles. The Hall–Kier alpha value is -3.20. The Kier molecular flexibility index (Phi) is 4.91. The minimum atomic E-state index is -3.88. The Morgan fingerprint density at radius 2 is 2.11 bits per heavy atom. The van der Waals surface area contributed by atoms with Crippen molar-refractivity contribution in [3.05, 3.63) is 41.7 Å². The molecule has 0 spiro atoms. The molecule has 2 aromatic rings. The van der Waals surface area contributed by atoms with Crippen molar-refractivity contribution in [2.45, 2.75) is 49.2 Å². The number of anilines is 1. The number of nitrogens with zero attached hydrogens (tertiary/aromatic N) is 6. The molecule has 1 atom stereocenters. The minimum Gasteiger partial charge on any atom is -0.295 e. The fourth-order valence-corrected chi connectivity index (χ4v) is 5.99. The molecule has 1 saturated heterocycles. The number of aliphatic imine (C=N–C) groups is 1. The molecule has 1 aromatic carbocycles. The van der Waals surface area contributed by atoms with Gasteiger partial charge in [0.1, 0.15) is 6.04 Å². The number of sulfonamides is 1. The normalized spacial score (nSPS) is 23.6. The van der Waals surface area contributed by atoms with Gasteiger partial charge in [0.25, 0.3) is 5.91 Å². The van der Waals surface area contributed by atoms with Crippen LogP contribution in [0.4, 0.5) is 5.69 Å². The zero-order valence-corrected chi connectivity index (χ0v) is 21.0. The summed E-state index contributed by atoms with van der Waals surface area (Å²) in [4.78, 5) is 23.4. The molecule has 0 bridgehead atoms. The Balaban J connectivity index is 1.42. The van der Waals surface area contributed by atoms with Gasteiger partial charge in [0.15, 0.2) is 0 Å². The lowest BCUT2D eigenvalue weighted by Crippen LogP contribution is -2.52. The van der Waals surface area contributed by atoms with E-state index in [0.717, 1.165) is 37.3 Å². The van der Waals surface area contributed by atoms with Crippen LogP contribution in [0.2, 0.25) is 0 Å². The first-order chi connectivity index (χ1) is 18.0. The molecule has 1 N–H and O–H groups in total. The second-order valence-corrected chi connectivity index (χ2v) is 11.7. The van der Waals surface area contributed by atoms with E-state index in [0.29, 0.717) is 12.2 Å². The number of rotatable bonds is 6. The van der Waals surface area contributed by atoms with Crippen LogP contribution in [0.5, 0.6) is 0 Å². The summed E-state index contributed by atoms with van der Waals surface area (Å²) in [5, 5.41) is 4.08. The molecule has 2 fully saturated rings. The van der Waals surface area contributed by atoms with Crippen LogP contribution in [-0.4, -0.2) is 77.6 Å². The van der Waals surface area contributed by atoms with Gasteiger partial charge in [0.05, 0.1) is 44.7 Å². The van der Waals surface area contributed by atoms with Crippen LogP contribution in [0.15, 0.2) is 40.5 Å². The smallest absolute Gasteiger partial charge is 0.263 e. The Bertz CT molecular complexity index is 1520. The van der Waals surface area contributed by atoms with Crippen molar-refractivity contribution in [1.82, 2.24) is 24.3 Å². The van der Waals surface area contributed by atoms with E-state index < -0.39 is 34.0 Å². The summed E-state index contributed by atoms with van der Waals surface area (Å²) < 4.78 is 48.3. The SMILES string of the molecule is [2H]C([2H])(c1cnn(C)c1)N1C(=O)c2cc(S(=O)(=O)NC3(C)CC3)ccc2N2C1=NC[C@@H]2C#CCN1CCC1.